The number of nitrogens with one attached hydrogen (secondary N) is 2. The summed E-state index contributed by atoms with van der Waals surface area (Å²) < 4.78 is 5.44. The van der Waals surface area contributed by atoms with E-state index in [2.05, 4.69) is 70.0 Å². The number of amides is 1. The standard InChI is InChI=1S/C30H32N4O3/c1-34(2)25-14-11-23(12-15-25)24-13-16-26-27(20-24)32-28(31-26)19-22-8-6-21(7-9-22)10-17-29(35)33-37-30-5-3-4-18-36-30/h6-17,20,30H,3-5,18-19H2,1-2H3,(H,31,32)(H,33,35). The van der Waals surface area contributed by atoms with Gasteiger partial charge in [-0.1, -0.05) is 42.5 Å². The first kappa shape index (κ1) is 24.7. The zero-order valence-electron chi connectivity index (χ0n) is 21.2. The second kappa shape index (κ2) is 11.4. The van der Waals surface area contributed by atoms with Gasteiger partial charge in [-0.15, -0.1) is 0 Å². The largest absolute Gasteiger partial charge is 0.378 e. The molecule has 1 aliphatic heterocycles. The third-order valence-corrected chi connectivity index (χ3v) is 6.46. The minimum Gasteiger partial charge on any atom is -0.378 e. The fourth-order valence-electron chi connectivity index (χ4n) is 4.35. The van der Waals surface area contributed by atoms with E-state index in [1.807, 2.05) is 26.2 Å². The van der Waals surface area contributed by atoms with E-state index in [9.17, 15) is 4.79 Å². The smallest absolute Gasteiger partial charge is 0.267 e. The molecule has 1 atom stereocenters. The average molecular weight is 497 g/mol. The fraction of sp³-hybridized carbons (Fsp3) is 0.267. The number of carbonyl (C=O) groups excluding carboxylic acids is 1. The summed E-state index contributed by atoms with van der Waals surface area (Å²) in [6, 6.07) is 23.0. The van der Waals surface area contributed by atoms with Gasteiger partial charge in [-0.2, -0.15) is 0 Å². The molecule has 1 unspecified atom stereocenters. The van der Waals surface area contributed by atoms with Gasteiger partial charge in [-0.05, 0) is 65.4 Å². The highest BCUT2D eigenvalue weighted by molar-refractivity contribution is 5.91. The molecule has 1 fully saturated rings. The molecule has 0 saturated carbocycles. The van der Waals surface area contributed by atoms with Gasteiger partial charge in [-0.3, -0.25) is 4.79 Å². The maximum atomic E-state index is 12.0. The summed E-state index contributed by atoms with van der Waals surface area (Å²) in [7, 11) is 4.09. The third-order valence-electron chi connectivity index (χ3n) is 6.46. The van der Waals surface area contributed by atoms with Crippen LogP contribution in [-0.2, 0) is 20.8 Å². The molecule has 1 saturated heterocycles. The molecule has 1 aliphatic rings. The summed E-state index contributed by atoms with van der Waals surface area (Å²) >= 11 is 0. The van der Waals surface area contributed by atoms with Crippen LogP contribution in [0.2, 0.25) is 0 Å². The summed E-state index contributed by atoms with van der Waals surface area (Å²) in [5.74, 6) is 0.605. The van der Waals surface area contributed by atoms with Crippen molar-refractivity contribution >= 4 is 28.7 Å². The number of anilines is 1. The first-order valence-corrected chi connectivity index (χ1v) is 12.6. The number of imidazole rings is 1. The number of aromatic amines is 1. The molecule has 5 rings (SSSR count). The van der Waals surface area contributed by atoms with Crippen molar-refractivity contribution in [1.29, 1.82) is 0 Å². The van der Waals surface area contributed by atoms with Crippen LogP contribution < -0.4 is 10.4 Å². The van der Waals surface area contributed by atoms with E-state index in [0.29, 0.717) is 13.0 Å². The highest BCUT2D eigenvalue weighted by Crippen LogP contribution is 2.26. The lowest BCUT2D eigenvalue weighted by Crippen LogP contribution is -2.32. The summed E-state index contributed by atoms with van der Waals surface area (Å²) in [4.78, 5) is 27.7. The number of hydrogen-bond donors (Lipinski definition) is 2. The van der Waals surface area contributed by atoms with Crippen molar-refractivity contribution in [3.63, 3.8) is 0 Å². The van der Waals surface area contributed by atoms with Crippen LogP contribution in [0.1, 0.15) is 36.2 Å². The van der Waals surface area contributed by atoms with Crippen molar-refractivity contribution in [2.24, 2.45) is 0 Å². The van der Waals surface area contributed by atoms with Gasteiger partial charge in [0, 0.05) is 45.3 Å². The second-order valence-corrected chi connectivity index (χ2v) is 9.49. The Bertz CT molecular complexity index is 1370. The molecule has 190 valence electrons. The number of carbonyl (C=O) groups is 1. The monoisotopic (exact) mass is 496 g/mol. The van der Waals surface area contributed by atoms with Crippen LogP contribution in [0.25, 0.3) is 28.2 Å². The fourth-order valence-corrected chi connectivity index (χ4v) is 4.35. The minimum atomic E-state index is -0.357. The molecule has 1 amide bonds. The normalized spacial score (nSPS) is 15.8. The summed E-state index contributed by atoms with van der Waals surface area (Å²) in [6.45, 7) is 0.670. The van der Waals surface area contributed by atoms with E-state index < -0.39 is 0 Å². The molecule has 0 aliphatic carbocycles. The van der Waals surface area contributed by atoms with Gasteiger partial charge in [0.1, 0.15) is 5.82 Å². The maximum Gasteiger partial charge on any atom is 0.267 e. The number of ether oxygens (including phenoxy) is 1. The zero-order chi connectivity index (χ0) is 25.6. The Balaban J connectivity index is 1.18. The molecule has 7 nitrogen and oxygen atoms in total. The number of aromatic nitrogens is 2. The molecule has 37 heavy (non-hydrogen) atoms. The van der Waals surface area contributed by atoms with Crippen molar-refractivity contribution < 1.29 is 14.4 Å². The number of fused-ring (bicyclic) bond motifs is 1. The van der Waals surface area contributed by atoms with Gasteiger partial charge in [0.25, 0.3) is 5.91 Å². The predicted molar refractivity (Wildman–Crippen MR) is 147 cm³/mol. The van der Waals surface area contributed by atoms with Crippen LogP contribution in [0.3, 0.4) is 0 Å². The third kappa shape index (κ3) is 6.44. The van der Waals surface area contributed by atoms with Gasteiger partial charge in [-0.25, -0.2) is 15.3 Å². The van der Waals surface area contributed by atoms with Gasteiger partial charge in [0.2, 0.25) is 0 Å². The van der Waals surface area contributed by atoms with Crippen LogP contribution in [0.5, 0.6) is 0 Å². The summed E-state index contributed by atoms with van der Waals surface area (Å²) in [5.41, 5.74) is 9.99. The minimum absolute atomic E-state index is 0.312. The van der Waals surface area contributed by atoms with Crippen molar-refractivity contribution in [1.82, 2.24) is 15.4 Å². The van der Waals surface area contributed by atoms with Crippen molar-refractivity contribution in [2.75, 3.05) is 25.6 Å². The quantitative estimate of drug-likeness (QED) is 0.250. The highest BCUT2D eigenvalue weighted by atomic mass is 16.8. The molecule has 0 radical (unpaired) electrons. The van der Waals surface area contributed by atoms with Gasteiger partial charge >= 0.3 is 0 Å². The van der Waals surface area contributed by atoms with E-state index in [1.165, 1.54) is 17.3 Å². The Labute approximate surface area is 217 Å². The topological polar surface area (TPSA) is 79.5 Å². The molecule has 1 aromatic heterocycles. The highest BCUT2D eigenvalue weighted by Gasteiger charge is 2.15. The Morgan fingerprint density at radius 1 is 1.08 bits per heavy atom. The predicted octanol–water partition coefficient (Wildman–Crippen LogP) is 5.47. The molecular weight excluding hydrogens is 464 g/mol. The first-order chi connectivity index (χ1) is 18.0. The van der Waals surface area contributed by atoms with Crippen LogP contribution in [-0.4, -0.2) is 42.9 Å². The first-order valence-electron chi connectivity index (χ1n) is 12.6. The van der Waals surface area contributed by atoms with E-state index in [4.69, 9.17) is 14.6 Å². The zero-order valence-corrected chi connectivity index (χ0v) is 21.2. The molecule has 2 heterocycles. The van der Waals surface area contributed by atoms with Gasteiger partial charge < -0.3 is 14.6 Å². The Hall–Kier alpha value is -3.94. The van der Waals surface area contributed by atoms with E-state index in [-0.39, 0.29) is 12.2 Å². The molecule has 4 aromatic rings. The summed E-state index contributed by atoms with van der Waals surface area (Å²) in [6.07, 6.45) is 6.44. The number of hydroxylamine groups is 1. The van der Waals surface area contributed by atoms with Crippen molar-refractivity contribution in [3.8, 4) is 11.1 Å². The lowest BCUT2D eigenvalue weighted by Gasteiger charge is -2.21. The van der Waals surface area contributed by atoms with Gasteiger partial charge in [0.05, 0.1) is 11.0 Å². The van der Waals surface area contributed by atoms with Crippen LogP contribution in [0, 0.1) is 0 Å². The molecule has 2 N–H and O–H groups in total. The SMILES string of the molecule is CN(C)c1ccc(-c2ccc3nc(Cc4ccc(C=CC(=O)NOC5CCCCO5)cc4)[nH]c3c2)cc1. The van der Waals surface area contributed by atoms with Crippen LogP contribution in [0.15, 0.2) is 72.8 Å². The molecule has 0 spiro atoms. The molecule has 3 aromatic carbocycles. The van der Waals surface area contributed by atoms with Crippen molar-refractivity contribution in [3.05, 3.63) is 89.8 Å². The van der Waals surface area contributed by atoms with Crippen molar-refractivity contribution in [2.45, 2.75) is 32.0 Å². The second-order valence-electron chi connectivity index (χ2n) is 9.49. The Kier molecular flexibility index (Phi) is 7.63. The van der Waals surface area contributed by atoms with Gasteiger partial charge in [0.15, 0.2) is 6.29 Å². The van der Waals surface area contributed by atoms with E-state index >= 15 is 0 Å². The van der Waals surface area contributed by atoms with Crippen LogP contribution >= 0.6 is 0 Å². The van der Waals surface area contributed by atoms with E-state index in [1.54, 1.807) is 6.08 Å². The van der Waals surface area contributed by atoms with E-state index in [0.717, 1.165) is 52.8 Å². The number of nitrogens with zero attached hydrogens (tertiary/aromatic N) is 2. The van der Waals surface area contributed by atoms with Crippen LogP contribution in [0.4, 0.5) is 5.69 Å². The maximum absolute atomic E-state index is 12.0. The number of rotatable bonds is 8. The number of benzene rings is 3. The average Bonchev–Trinajstić information content (AvgIpc) is 3.33. The lowest BCUT2D eigenvalue weighted by molar-refractivity contribution is -0.198. The Morgan fingerprint density at radius 3 is 2.59 bits per heavy atom. The lowest BCUT2D eigenvalue weighted by atomic mass is 10.0. The Morgan fingerprint density at radius 2 is 1.86 bits per heavy atom. The number of H-pyrrole nitrogens is 1. The number of hydrogen-bond acceptors (Lipinski definition) is 5. The molecule has 7 heteroatoms. The molecule has 0 bridgehead atoms. The molecular formula is C30H32N4O3. The summed E-state index contributed by atoms with van der Waals surface area (Å²) in [5, 5.41) is 0.